The number of carboxylic acid groups (broad SMARTS) is 1. The second kappa shape index (κ2) is 4.56. The average molecular weight is 191 g/mol. The lowest BCUT2D eigenvalue weighted by molar-refractivity contribution is -0.306. The van der Waals surface area contributed by atoms with Crippen LogP contribution < -0.4 is 5.11 Å². The fourth-order valence-electron chi connectivity index (χ4n) is 1.35. The number of aliphatic carboxylic acids is 1. The Kier molecular flexibility index (Phi) is 3.40. The molecule has 1 unspecified atom stereocenters. The molecule has 0 aliphatic rings. The van der Waals surface area contributed by atoms with Gasteiger partial charge >= 0.3 is 0 Å². The molecule has 0 saturated carbocycles. The van der Waals surface area contributed by atoms with Crippen LogP contribution in [0.25, 0.3) is 0 Å². The topological polar surface area (TPSA) is 57.2 Å². The number of hydrogen-bond donors (Lipinski definition) is 0. The summed E-state index contributed by atoms with van der Waals surface area (Å²) in [5.41, 5.74) is 0.726. The molecule has 14 heavy (non-hydrogen) atoms. The van der Waals surface area contributed by atoms with Crippen LogP contribution in [0.4, 0.5) is 0 Å². The molecular formula is C11H11O3-. The minimum atomic E-state index is -1.20. The highest BCUT2D eigenvalue weighted by molar-refractivity contribution is 5.87. The number of carboxylic acids is 1. The SMILES string of the molecule is CC(=O)C(CC(=O)[O-])c1ccccc1. The maximum Gasteiger partial charge on any atom is 0.137 e. The number of carbonyl (C=O) groups is 2. The molecule has 0 aliphatic carbocycles. The largest absolute Gasteiger partial charge is 0.550 e. The molecule has 0 aromatic heterocycles. The highest BCUT2D eigenvalue weighted by Crippen LogP contribution is 2.19. The van der Waals surface area contributed by atoms with Crippen molar-refractivity contribution in [3.63, 3.8) is 0 Å². The standard InChI is InChI=1S/C11H12O3/c1-8(12)10(7-11(13)14)9-5-3-2-4-6-9/h2-6,10H,7H2,1H3,(H,13,14)/p-1. The van der Waals surface area contributed by atoms with Gasteiger partial charge in [0, 0.05) is 18.3 Å². The highest BCUT2D eigenvalue weighted by Gasteiger charge is 2.16. The molecule has 0 bridgehead atoms. The minimum Gasteiger partial charge on any atom is -0.550 e. The summed E-state index contributed by atoms with van der Waals surface area (Å²) < 4.78 is 0. The van der Waals surface area contributed by atoms with Crippen molar-refractivity contribution in [1.82, 2.24) is 0 Å². The summed E-state index contributed by atoms with van der Waals surface area (Å²) in [5.74, 6) is -1.93. The predicted molar refractivity (Wildman–Crippen MR) is 49.5 cm³/mol. The number of Topliss-reactive ketones (excluding diaryl/α,β-unsaturated/α-hetero) is 1. The van der Waals surface area contributed by atoms with E-state index in [1.807, 2.05) is 6.07 Å². The maximum atomic E-state index is 11.2. The molecule has 0 saturated heterocycles. The lowest BCUT2D eigenvalue weighted by Gasteiger charge is -2.14. The van der Waals surface area contributed by atoms with Gasteiger partial charge < -0.3 is 9.90 Å². The summed E-state index contributed by atoms with van der Waals surface area (Å²) in [7, 11) is 0. The van der Waals surface area contributed by atoms with Gasteiger partial charge in [0.1, 0.15) is 5.78 Å². The molecule has 3 heteroatoms. The lowest BCUT2D eigenvalue weighted by Crippen LogP contribution is -2.26. The van der Waals surface area contributed by atoms with E-state index in [9.17, 15) is 14.7 Å². The zero-order valence-electron chi connectivity index (χ0n) is 7.90. The molecule has 1 atom stereocenters. The molecule has 0 aliphatic heterocycles. The second-order valence-electron chi connectivity index (χ2n) is 3.15. The minimum absolute atomic E-state index is 0.152. The summed E-state index contributed by atoms with van der Waals surface area (Å²) in [6.07, 6.45) is -0.251. The zero-order chi connectivity index (χ0) is 10.6. The average Bonchev–Trinajstić information content (AvgIpc) is 2.15. The molecule has 1 rings (SSSR count). The van der Waals surface area contributed by atoms with E-state index in [1.165, 1.54) is 6.92 Å². The third-order valence-corrected chi connectivity index (χ3v) is 2.06. The summed E-state index contributed by atoms with van der Waals surface area (Å²) in [5, 5.41) is 10.4. The number of ketones is 1. The van der Waals surface area contributed by atoms with Gasteiger partial charge in [-0.15, -0.1) is 0 Å². The number of rotatable bonds is 4. The number of hydrogen-bond acceptors (Lipinski definition) is 3. The van der Waals surface area contributed by atoms with E-state index in [4.69, 9.17) is 0 Å². The molecule has 1 aromatic carbocycles. The maximum absolute atomic E-state index is 11.2. The van der Waals surface area contributed by atoms with Crippen molar-refractivity contribution in [2.45, 2.75) is 19.3 Å². The van der Waals surface area contributed by atoms with Crippen LogP contribution in [-0.4, -0.2) is 11.8 Å². The quantitative estimate of drug-likeness (QED) is 0.696. The predicted octanol–water partition coefficient (Wildman–Crippen LogP) is 0.499. The van der Waals surface area contributed by atoms with Crippen LogP contribution in [0, 0.1) is 0 Å². The fraction of sp³-hybridized carbons (Fsp3) is 0.273. The molecule has 0 N–H and O–H groups in total. The van der Waals surface area contributed by atoms with Crippen molar-refractivity contribution in [1.29, 1.82) is 0 Å². The van der Waals surface area contributed by atoms with Crippen LogP contribution in [0.15, 0.2) is 30.3 Å². The van der Waals surface area contributed by atoms with Gasteiger partial charge in [-0.25, -0.2) is 0 Å². The first-order chi connectivity index (χ1) is 6.61. The van der Waals surface area contributed by atoms with Crippen LogP contribution in [0.3, 0.4) is 0 Å². The van der Waals surface area contributed by atoms with Gasteiger partial charge in [0.2, 0.25) is 0 Å². The molecular weight excluding hydrogens is 180 g/mol. The summed E-state index contributed by atoms with van der Waals surface area (Å²) >= 11 is 0. The number of carbonyl (C=O) groups excluding carboxylic acids is 2. The van der Waals surface area contributed by atoms with Crippen LogP contribution in [-0.2, 0) is 9.59 Å². The molecule has 0 fully saturated rings. The third kappa shape index (κ3) is 2.69. The van der Waals surface area contributed by atoms with Crippen LogP contribution in [0.5, 0.6) is 0 Å². The van der Waals surface area contributed by atoms with E-state index >= 15 is 0 Å². The van der Waals surface area contributed by atoms with Crippen molar-refractivity contribution >= 4 is 11.8 Å². The fourth-order valence-corrected chi connectivity index (χ4v) is 1.35. The smallest absolute Gasteiger partial charge is 0.137 e. The Morgan fingerprint density at radius 2 is 1.86 bits per heavy atom. The Hall–Kier alpha value is -1.64. The Morgan fingerprint density at radius 3 is 2.29 bits per heavy atom. The first kappa shape index (κ1) is 10.4. The van der Waals surface area contributed by atoms with Gasteiger partial charge in [-0.1, -0.05) is 30.3 Å². The third-order valence-electron chi connectivity index (χ3n) is 2.06. The Bertz CT molecular complexity index is 330. The van der Waals surface area contributed by atoms with Crippen molar-refractivity contribution < 1.29 is 14.7 Å². The molecule has 0 spiro atoms. The van der Waals surface area contributed by atoms with Crippen molar-refractivity contribution in [2.75, 3.05) is 0 Å². The molecule has 0 amide bonds. The van der Waals surface area contributed by atoms with Crippen LogP contribution in [0.1, 0.15) is 24.8 Å². The number of benzene rings is 1. The van der Waals surface area contributed by atoms with E-state index in [-0.39, 0.29) is 12.2 Å². The van der Waals surface area contributed by atoms with Crippen molar-refractivity contribution in [3.05, 3.63) is 35.9 Å². The highest BCUT2D eigenvalue weighted by atomic mass is 16.4. The monoisotopic (exact) mass is 191 g/mol. The van der Waals surface area contributed by atoms with E-state index in [2.05, 4.69) is 0 Å². The molecule has 0 heterocycles. The van der Waals surface area contributed by atoms with Gasteiger partial charge in [0.15, 0.2) is 0 Å². The van der Waals surface area contributed by atoms with E-state index in [0.29, 0.717) is 0 Å². The Balaban J connectivity index is 2.89. The van der Waals surface area contributed by atoms with Gasteiger partial charge in [-0.3, -0.25) is 4.79 Å². The first-order valence-corrected chi connectivity index (χ1v) is 4.36. The van der Waals surface area contributed by atoms with Gasteiger partial charge in [-0.2, -0.15) is 0 Å². The Labute approximate surface area is 82.4 Å². The normalized spacial score (nSPS) is 12.1. The van der Waals surface area contributed by atoms with Crippen molar-refractivity contribution in [3.8, 4) is 0 Å². The molecule has 74 valence electrons. The van der Waals surface area contributed by atoms with Gasteiger partial charge in [0.25, 0.3) is 0 Å². The van der Waals surface area contributed by atoms with Crippen LogP contribution in [0.2, 0.25) is 0 Å². The lowest BCUT2D eigenvalue weighted by atomic mass is 9.92. The Morgan fingerprint density at radius 1 is 1.29 bits per heavy atom. The zero-order valence-corrected chi connectivity index (χ0v) is 7.90. The molecule has 3 nitrogen and oxygen atoms in total. The van der Waals surface area contributed by atoms with Gasteiger partial charge in [-0.05, 0) is 12.5 Å². The van der Waals surface area contributed by atoms with E-state index in [0.717, 1.165) is 5.56 Å². The summed E-state index contributed by atoms with van der Waals surface area (Å²) in [4.78, 5) is 21.6. The molecule has 1 aromatic rings. The van der Waals surface area contributed by atoms with Gasteiger partial charge in [0.05, 0.1) is 0 Å². The summed E-state index contributed by atoms with van der Waals surface area (Å²) in [6.45, 7) is 1.39. The first-order valence-electron chi connectivity index (χ1n) is 4.36. The second-order valence-corrected chi connectivity index (χ2v) is 3.15. The van der Waals surface area contributed by atoms with E-state index in [1.54, 1.807) is 24.3 Å². The van der Waals surface area contributed by atoms with Crippen molar-refractivity contribution in [2.24, 2.45) is 0 Å². The molecule has 0 radical (unpaired) electrons. The summed E-state index contributed by atoms with van der Waals surface area (Å²) in [6, 6.07) is 8.87. The van der Waals surface area contributed by atoms with Crippen LogP contribution >= 0.6 is 0 Å². The van der Waals surface area contributed by atoms with E-state index < -0.39 is 11.9 Å².